The van der Waals surface area contributed by atoms with E-state index in [2.05, 4.69) is 4.74 Å². The van der Waals surface area contributed by atoms with Crippen molar-refractivity contribution >= 4 is 17.3 Å². The fourth-order valence-corrected chi connectivity index (χ4v) is 2.82. The first-order valence-electron chi connectivity index (χ1n) is 7.34. The molecular formula is C17H15FN2O4. The molecule has 0 fully saturated rings. The van der Waals surface area contributed by atoms with Gasteiger partial charge in [-0.15, -0.1) is 0 Å². The summed E-state index contributed by atoms with van der Waals surface area (Å²) in [5.41, 5.74) is 3.05. The van der Waals surface area contributed by atoms with E-state index in [0.29, 0.717) is 18.8 Å². The zero-order chi connectivity index (χ0) is 17.3. The molecule has 3 rings (SSSR count). The summed E-state index contributed by atoms with van der Waals surface area (Å²) < 4.78 is 18.5. The van der Waals surface area contributed by atoms with Gasteiger partial charge < -0.3 is 9.64 Å². The first-order valence-corrected chi connectivity index (χ1v) is 7.34. The van der Waals surface area contributed by atoms with Gasteiger partial charge in [0, 0.05) is 30.9 Å². The minimum absolute atomic E-state index is 0.204. The predicted octanol–water partition coefficient (Wildman–Crippen LogP) is 2.97. The molecule has 0 amide bonds. The highest BCUT2D eigenvalue weighted by molar-refractivity contribution is 5.72. The Kier molecular flexibility index (Phi) is 4.16. The maximum absolute atomic E-state index is 13.8. The fraction of sp³-hybridized carbons (Fsp3) is 0.235. The molecular weight excluding hydrogens is 315 g/mol. The van der Waals surface area contributed by atoms with E-state index in [1.54, 1.807) is 6.07 Å². The second-order valence-corrected chi connectivity index (χ2v) is 5.60. The number of fused-ring (bicyclic) bond motifs is 1. The van der Waals surface area contributed by atoms with Crippen LogP contribution in [-0.2, 0) is 29.0 Å². The summed E-state index contributed by atoms with van der Waals surface area (Å²) >= 11 is 0. The molecule has 2 aromatic rings. The molecule has 6 nitrogen and oxygen atoms in total. The van der Waals surface area contributed by atoms with Crippen molar-refractivity contribution in [3.8, 4) is 0 Å². The highest BCUT2D eigenvalue weighted by atomic mass is 19.1. The lowest BCUT2D eigenvalue weighted by Gasteiger charge is -2.17. The number of halogens is 1. The Balaban J connectivity index is 1.80. The third kappa shape index (κ3) is 3.05. The maximum atomic E-state index is 13.8. The predicted molar refractivity (Wildman–Crippen MR) is 85.1 cm³/mol. The fourth-order valence-electron chi connectivity index (χ4n) is 2.82. The molecule has 1 aliphatic rings. The summed E-state index contributed by atoms with van der Waals surface area (Å²) in [4.78, 5) is 23.3. The molecule has 1 heterocycles. The van der Waals surface area contributed by atoms with Gasteiger partial charge in [-0.05, 0) is 22.8 Å². The van der Waals surface area contributed by atoms with E-state index in [0.717, 1.165) is 16.7 Å². The number of methoxy groups -OCH3 is 1. The van der Waals surface area contributed by atoms with Crippen LogP contribution in [0.3, 0.4) is 0 Å². The van der Waals surface area contributed by atoms with Crippen LogP contribution in [0.4, 0.5) is 15.8 Å². The molecule has 0 aromatic heterocycles. The van der Waals surface area contributed by atoms with Gasteiger partial charge in [-0.1, -0.05) is 18.2 Å². The molecule has 0 saturated heterocycles. The van der Waals surface area contributed by atoms with Crippen molar-refractivity contribution in [2.45, 2.75) is 19.5 Å². The number of nitro benzene ring substituents is 1. The van der Waals surface area contributed by atoms with Crippen LogP contribution in [0.5, 0.6) is 0 Å². The van der Waals surface area contributed by atoms with Gasteiger partial charge in [0.25, 0.3) is 0 Å². The van der Waals surface area contributed by atoms with Crippen molar-refractivity contribution in [3.05, 3.63) is 69.0 Å². The van der Waals surface area contributed by atoms with E-state index in [1.807, 2.05) is 23.1 Å². The standard InChI is InChI=1S/C17H15FN2O4/c1-24-17(21)7-11-2-3-12-9-19(10-13(12)6-11)14-4-5-16(20(22)23)15(18)8-14/h2-6,8H,7,9-10H2,1H3. The van der Waals surface area contributed by atoms with Gasteiger partial charge in [0.05, 0.1) is 18.5 Å². The van der Waals surface area contributed by atoms with Crippen molar-refractivity contribution < 1.29 is 18.8 Å². The zero-order valence-corrected chi connectivity index (χ0v) is 13.0. The minimum atomic E-state index is -0.847. The number of nitro groups is 1. The van der Waals surface area contributed by atoms with Crippen molar-refractivity contribution in [1.82, 2.24) is 0 Å². The summed E-state index contributed by atoms with van der Waals surface area (Å²) in [7, 11) is 1.35. The topological polar surface area (TPSA) is 72.7 Å². The van der Waals surface area contributed by atoms with Crippen LogP contribution in [0.25, 0.3) is 0 Å². The zero-order valence-electron chi connectivity index (χ0n) is 13.0. The molecule has 124 valence electrons. The number of carbonyl (C=O) groups is 1. The average Bonchev–Trinajstić information content (AvgIpc) is 2.97. The van der Waals surface area contributed by atoms with Gasteiger partial charge in [0.1, 0.15) is 0 Å². The first-order chi connectivity index (χ1) is 11.5. The Labute approximate surface area is 137 Å². The third-order valence-corrected chi connectivity index (χ3v) is 4.06. The largest absolute Gasteiger partial charge is 0.469 e. The number of rotatable bonds is 4. The number of ether oxygens (including phenoxy) is 1. The molecule has 0 spiro atoms. The Morgan fingerprint density at radius 2 is 2.00 bits per heavy atom. The van der Waals surface area contributed by atoms with Gasteiger partial charge in [-0.3, -0.25) is 14.9 Å². The van der Waals surface area contributed by atoms with Crippen molar-refractivity contribution in [2.75, 3.05) is 12.0 Å². The van der Waals surface area contributed by atoms with E-state index in [9.17, 15) is 19.3 Å². The molecule has 0 unspecified atom stereocenters. The van der Waals surface area contributed by atoms with Gasteiger partial charge in [-0.25, -0.2) is 0 Å². The first kappa shape index (κ1) is 15.9. The van der Waals surface area contributed by atoms with Gasteiger partial charge in [-0.2, -0.15) is 4.39 Å². The smallest absolute Gasteiger partial charge is 0.309 e. The normalized spacial score (nSPS) is 12.8. The molecule has 0 atom stereocenters. The minimum Gasteiger partial charge on any atom is -0.469 e. The lowest BCUT2D eigenvalue weighted by molar-refractivity contribution is -0.387. The Bertz CT molecular complexity index is 822. The van der Waals surface area contributed by atoms with E-state index in [4.69, 9.17) is 0 Å². The van der Waals surface area contributed by atoms with E-state index >= 15 is 0 Å². The summed E-state index contributed by atoms with van der Waals surface area (Å²) in [6.45, 7) is 1.15. The van der Waals surface area contributed by atoms with Crippen LogP contribution < -0.4 is 4.90 Å². The second kappa shape index (κ2) is 6.27. The molecule has 2 aromatic carbocycles. The van der Waals surface area contributed by atoms with E-state index in [-0.39, 0.29) is 12.4 Å². The highest BCUT2D eigenvalue weighted by Crippen LogP contribution is 2.31. The number of hydrogen-bond acceptors (Lipinski definition) is 5. The Morgan fingerprint density at radius 1 is 1.25 bits per heavy atom. The average molecular weight is 330 g/mol. The number of carbonyl (C=O) groups excluding carboxylic acids is 1. The Morgan fingerprint density at radius 3 is 2.67 bits per heavy atom. The van der Waals surface area contributed by atoms with Gasteiger partial charge in [0.2, 0.25) is 5.82 Å². The molecule has 24 heavy (non-hydrogen) atoms. The molecule has 0 bridgehead atoms. The van der Waals surface area contributed by atoms with Crippen molar-refractivity contribution in [1.29, 1.82) is 0 Å². The summed E-state index contributed by atoms with van der Waals surface area (Å²) in [6.07, 6.45) is 0.204. The molecule has 1 aliphatic heterocycles. The lowest BCUT2D eigenvalue weighted by Crippen LogP contribution is -2.14. The maximum Gasteiger partial charge on any atom is 0.309 e. The quantitative estimate of drug-likeness (QED) is 0.489. The molecule has 0 radical (unpaired) electrons. The molecule has 0 N–H and O–H groups in total. The molecule has 0 aliphatic carbocycles. The number of nitrogens with zero attached hydrogens (tertiary/aromatic N) is 2. The van der Waals surface area contributed by atoms with Crippen LogP contribution in [0.2, 0.25) is 0 Å². The summed E-state index contributed by atoms with van der Waals surface area (Å²) in [5, 5.41) is 10.7. The molecule has 7 heteroatoms. The third-order valence-electron chi connectivity index (χ3n) is 4.06. The molecule has 0 saturated carbocycles. The van der Waals surface area contributed by atoms with Gasteiger partial charge >= 0.3 is 11.7 Å². The lowest BCUT2D eigenvalue weighted by atomic mass is 10.0. The van der Waals surface area contributed by atoms with Crippen LogP contribution in [0.1, 0.15) is 16.7 Å². The summed E-state index contributed by atoms with van der Waals surface area (Å²) in [5.74, 6) is -1.15. The van der Waals surface area contributed by atoms with Crippen LogP contribution in [0.15, 0.2) is 36.4 Å². The SMILES string of the molecule is COC(=O)Cc1ccc2c(c1)CN(c1ccc([N+](=O)[O-])c(F)c1)C2. The monoisotopic (exact) mass is 330 g/mol. The number of benzene rings is 2. The van der Waals surface area contributed by atoms with E-state index < -0.39 is 16.4 Å². The highest BCUT2D eigenvalue weighted by Gasteiger charge is 2.22. The number of hydrogen-bond donors (Lipinski definition) is 0. The van der Waals surface area contributed by atoms with Crippen LogP contribution >= 0.6 is 0 Å². The Hall–Kier alpha value is -2.96. The number of anilines is 1. The van der Waals surface area contributed by atoms with Crippen LogP contribution in [-0.4, -0.2) is 18.0 Å². The van der Waals surface area contributed by atoms with Crippen molar-refractivity contribution in [3.63, 3.8) is 0 Å². The second-order valence-electron chi connectivity index (χ2n) is 5.60. The summed E-state index contributed by atoms with van der Waals surface area (Å²) in [6, 6.07) is 9.65. The van der Waals surface area contributed by atoms with Gasteiger partial charge in [0.15, 0.2) is 0 Å². The van der Waals surface area contributed by atoms with Crippen LogP contribution in [0, 0.1) is 15.9 Å². The van der Waals surface area contributed by atoms with Crippen molar-refractivity contribution in [2.24, 2.45) is 0 Å². The van der Waals surface area contributed by atoms with E-state index in [1.165, 1.54) is 19.2 Å². The number of esters is 1.